The predicted octanol–water partition coefficient (Wildman–Crippen LogP) is 3.64. The number of rotatable bonds is 4. The third-order valence-electron chi connectivity index (χ3n) is 6.10. The Kier molecular flexibility index (Phi) is 5.70. The van der Waals surface area contributed by atoms with Gasteiger partial charge in [0.05, 0.1) is 29.2 Å². The summed E-state index contributed by atoms with van der Waals surface area (Å²) in [6.45, 7) is 8.56. The molecule has 1 N–H and O–H groups in total. The van der Waals surface area contributed by atoms with Gasteiger partial charge in [0, 0.05) is 24.5 Å². The van der Waals surface area contributed by atoms with Crippen molar-refractivity contribution in [1.29, 1.82) is 0 Å². The Morgan fingerprint density at radius 3 is 2.66 bits per heavy atom. The molecule has 1 saturated heterocycles. The molecule has 1 aromatic carbocycles. The number of nitrogens with one attached hydrogen (secondary N) is 1. The molecule has 3 aromatic rings. The lowest BCUT2D eigenvalue weighted by atomic mass is 9.88. The number of hydrogen-bond donors (Lipinski definition) is 1. The number of nitrogens with zero attached hydrogens (tertiary/aromatic N) is 4. The lowest BCUT2D eigenvalue weighted by Crippen LogP contribution is -2.42. The van der Waals surface area contributed by atoms with Gasteiger partial charge in [-0.25, -0.2) is 17.9 Å². The van der Waals surface area contributed by atoms with E-state index in [2.05, 4.69) is 16.6 Å². The maximum atomic E-state index is 13.8. The standard InChI is InChI=1S/C23H29N5O3S/c1-14-8-9-19(26-32(5,30)31)18(11-14)23(29)27-10-6-7-15(2)22(27)20-12-21-24-17(4)16(3)13-28(21)25-20/h8-9,11-13,15,22,26H,6-7,10H2,1-5H3/t15-,22+/m0/s1. The van der Waals surface area contributed by atoms with Crippen LogP contribution in [0.25, 0.3) is 5.65 Å². The lowest BCUT2D eigenvalue weighted by molar-refractivity contribution is 0.0505. The summed E-state index contributed by atoms with van der Waals surface area (Å²) in [5.41, 5.74) is 5.08. The number of aryl methyl sites for hydroxylation is 3. The first-order chi connectivity index (χ1) is 15.0. The number of fused-ring (bicyclic) bond motifs is 1. The van der Waals surface area contributed by atoms with E-state index in [1.165, 1.54) is 0 Å². The van der Waals surface area contributed by atoms with Crippen molar-refractivity contribution in [3.8, 4) is 0 Å². The van der Waals surface area contributed by atoms with Gasteiger partial charge >= 0.3 is 0 Å². The zero-order valence-electron chi connectivity index (χ0n) is 19.1. The smallest absolute Gasteiger partial charge is 0.256 e. The van der Waals surface area contributed by atoms with Crippen molar-refractivity contribution in [3.05, 3.63) is 58.5 Å². The van der Waals surface area contributed by atoms with Crippen LogP contribution < -0.4 is 4.72 Å². The highest BCUT2D eigenvalue weighted by Gasteiger charge is 2.36. The van der Waals surface area contributed by atoms with E-state index in [4.69, 9.17) is 5.10 Å². The third kappa shape index (κ3) is 4.34. The van der Waals surface area contributed by atoms with Crippen LogP contribution >= 0.6 is 0 Å². The summed E-state index contributed by atoms with van der Waals surface area (Å²) >= 11 is 0. The molecular weight excluding hydrogens is 426 g/mol. The Balaban J connectivity index is 1.77. The number of piperidine rings is 1. The number of sulfonamides is 1. The van der Waals surface area contributed by atoms with Crippen LogP contribution in [0.5, 0.6) is 0 Å². The monoisotopic (exact) mass is 455 g/mol. The number of carbonyl (C=O) groups excluding carboxylic acids is 1. The fourth-order valence-corrected chi connectivity index (χ4v) is 4.99. The third-order valence-corrected chi connectivity index (χ3v) is 6.69. The molecule has 2 aromatic heterocycles. The molecule has 9 heteroatoms. The predicted molar refractivity (Wildman–Crippen MR) is 124 cm³/mol. The van der Waals surface area contributed by atoms with Crippen LogP contribution in [-0.2, 0) is 10.0 Å². The van der Waals surface area contributed by atoms with Crippen molar-refractivity contribution < 1.29 is 13.2 Å². The first-order valence-electron chi connectivity index (χ1n) is 10.8. The summed E-state index contributed by atoms with van der Waals surface area (Å²) in [6.07, 6.45) is 4.90. The molecule has 1 aliphatic heterocycles. The van der Waals surface area contributed by atoms with Crippen LogP contribution in [0.3, 0.4) is 0 Å². The molecule has 0 spiro atoms. The number of likely N-dealkylation sites (tertiary alicyclic amines) is 1. The van der Waals surface area contributed by atoms with E-state index in [0.717, 1.165) is 47.3 Å². The number of carbonyl (C=O) groups is 1. The average Bonchev–Trinajstić information content (AvgIpc) is 3.10. The molecule has 0 bridgehead atoms. The quantitative estimate of drug-likeness (QED) is 0.648. The second-order valence-corrected chi connectivity index (χ2v) is 10.6. The van der Waals surface area contributed by atoms with Crippen LogP contribution in [0.2, 0.25) is 0 Å². The van der Waals surface area contributed by atoms with E-state index in [1.807, 2.05) is 37.9 Å². The maximum Gasteiger partial charge on any atom is 0.256 e. The normalized spacial score (nSPS) is 19.3. The molecule has 0 unspecified atom stereocenters. The summed E-state index contributed by atoms with van der Waals surface area (Å²) in [6, 6.07) is 6.91. The Bertz CT molecular complexity index is 1260. The van der Waals surface area contributed by atoms with Gasteiger partial charge in [-0.2, -0.15) is 5.10 Å². The first kappa shape index (κ1) is 22.3. The van der Waals surface area contributed by atoms with Gasteiger partial charge < -0.3 is 4.90 Å². The van der Waals surface area contributed by atoms with Crippen molar-refractivity contribution in [2.75, 3.05) is 17.5 Å². The largest absolute Gasteiger partial charge is 0.330 e. The Labute approximate surface area is 188 Å². The van der Waals surface area contributed by atoms with Gasteiger partial charge in [-0.05, 0) is 57.2 Å². The number of hydrogen-bond acceptors (Lipinski definition) is 5. The number of aromatic nitrogens is 3. The van der Waals surface area contributed by atoms with Crippen LogP contribution in [0.15, 0.2) is 30.5 Å². The topological polar surface area (TPSA) is 96.7 Å². The fourth-order valence-electron chi connectivity index (χ4n) is 4.41. The molecule has 1 fully saturated rings. The molecule has 3 heterocycles. The number of amides is 1. The van der Waals surface area contributed by atoms with E-state index < -0.39 is 10.0 Å². The van der Waals surface area contributed by atoms with E-state index in [-0.39, 0.29) is 17.9 Å². The van der Waals surface area contributed by atoms with E-state index in [9.17, 15) is 13.2 Å². The summed E-state index contributed by atoms with van der Waals surface area (Å²) < 4.78 is 28.0. The molecule has 4 rings (SSSR count). The molecule has 0 saturated carbocycles. The molecule has 8 nitrogen and oxygen atoms in total. The number of anilines is 1. The van der Waals surface area contributed by atoms with Crippen molar-refractivity contribution in [2.45, 2.75) is 46.6 Å². The number of benzene rings is 1. The molecule has 32 heavy (non-hydrogen) atoms. The van der Waals surface area contributed by atoms with E-state index >= 15 is 0 Å². The Morgan fingerprint density at radius 1 is 1.19 bits per heavy atom. The van der Waals surface area contributed by atoms with Crippen LogP contribution in [0, 0.1) is 26.7 Å². The Morgan fingerprint density at radius 2 is 1.94 bits per heavy atom. The minimum atomic E-state index is -3.52. The molecule has 170 valence electrons. The molecule has 1 aliphatic rings. The van der Waals surface area contributed by atoms with Crippen LogP contribution in [0.1, 0.15) is 58.7 Å². The van der Waals surface area contributed by atoms with Gasteiger partial charge in [-0.1, -0.05) is 18.6 Å². The summed E-state index contributed by atoms with van der Waals surface area (Å²) in [5, 5.41) is 4.76. The van der Waals surface area contributed by atoms with E-state index in [0.29, 0.717) is 17.8 Å². The molecule has 0 aliphatic carbocycles. The van der Waals surface area contributed by atoms with Crippen molar-refractivity contribution in [2.24, 2.45) is 5.92 Å². The summed E-state index contributed by atoms with van der Waals surface area (Å²) in [5.74, 6) is 0.00436. The lowest BCUT2D eigenvalue weighted by Gasteiger charge is -2.39. The van der Waals surface area contributed by atoms with Crippen molar-refractivity contribution >= 4 is 27.3 Å². The highest BCUT2D eigenvalue weighted by atomic mass is 32.2. The van der Waals surface area contributed by atoms with Crippen molar-refractivity contribution in [3.63, 3.8) is 0 Å². The first-order valence-corrected chi connectivity index (χ1v) is 12.7. The zero-order valence-corrected chi connectivity index (χ0v) is 19.9. The van der Waals surface area contributed by atoms with Gasteiger partial charge in [0.1, 0.15) is 0 Å². The van der Waals surface area contributed by atoms with Gasteiger partial charge in [0.15, 0.2) is 5.65 Å². The summed E-state index contributed by atoms with van der Waals surface area (Å²) in [7, 11) is -3.52. The SMILES string of the molecule is Cc1ccc(NS(C)(=O)=O)c(C(=O)N2CCC[C@H](C)[C@@H]2c2cc3nc(C)c(C)cn3n2)c1. The fraction of sp³-hybridized carbons (Fsp3) is 0.435. The molecule has 0 radical (unpaired) electrons. The average molecular weight is 456 g/mol. The highest BCUT2D eigenvalue weighted by Crippen LogP contribution is 2.37. The minimum absolute atomic E-state index is 0.200. The molecule has 1 amide bonds. The van der Waals surface area contributed by atoms with Crippen molar-refractivity contribution in [1.82, 2.24) is 19.5 Å². The van der Waals surface area contributed by atoms with Gasteiger partial charge in [0.2, 0.25) is 10.0 Å². The minimum Gasteiger partial charge on any atom is -0.330 e. The molecule has 2 atom stereocenters. The van der Waals surface area contributed by atoms with Gasteiger partial charge in [-0.15, -0.1) is 0 Å². The van der Waals surface area contributed by atoms with Crippen LogP contribution in [-0.4, -0.2) is 46.6 Å². The molecular formula is C23H29N5O3S. The van der Waals surface area contributed by atoms with Gasteiger partial charge in [-0.3, -0.25) is 9.52 Å². The maximum absolute atomic E-state index is 13.8. The second-order valence-electron chi connectivity index (χ2n) is 8.87. The second kappa shape index (κ2) is 8.20. The highest BCUT2D eigenvalue weighted by molar-refractivity contribution is 7.92. The zero-order chi connectivity index (χ0) is 23.2. The van der Waals surface area contributed by atoms with Gasteiger partial charge in [0.25, 0.3) is 5.91 Å². The van der Waals surface area contributed by atoms with E-state index in [1.54, 1.807) is 22.7 Å². The Hall–Kier alpha value is -2.94. The van der Waals surface area contributed by atoms with Crippen LogP contribution in [0.4, 0.5) is 5.69 Å². The summed E-state index contributed by atoms with van der Waals surface area (Å²) in [4.78, 5) is 20.2.